The normalized spacial score (nSPS) is 10.4. The van der Waals surface area contributed by atoms with Crippen molar-refractivity contribution in [1.29, 1.82) is 0 Å². The molecule has 2 aromatic rings. The van der Waals surface area contributed by atoms with Gasteiger partial charge in [0.15, 0.2) is 5.75 Å². The van der Waals surface area contributed by atoms with E-state index in [-0.39, 0.29) is 22.9 Å². The monoisotopic (exact) mass is 277 g/mol. The van der Waals surface area contributed by atoms with Gasteiger partial charge in [0.25, 0.3) is 5.91 Å². The molecule has 0 saturated heterocycles. The predicted molar refractivity (Wildman–Crippen MR) is 75.4 cm³/mol. The standard InChI is InChI=1S/C13H15N3O2S/c1-8-7-19-11(16-8)5-6-15-13(18)9-3-2-4-10(14)12(9)17/h2-4,7,17H,5-6,14H2,1H3,(H,15,18). The summed E-state index contributed by atoms with van der Waals surface area (Å²) in [5.74, 6) is -0.511. The number of carbonyl (C=O) groups excluding carboxylic acids is 1. The molecule has 0 atom stereocenters. The molecule has 0 unspecified atom stereocenters. The maximum absolute atomic E-state index is 11.9. The van der Waals surface area contributed by atoms with Crippen molar-refractivity contribution in [2.24, 2.45) is 0 Å². The Balaban J connectivity index is 1.93. The number of nitrogens with two attached hydrogens (primary N) is 1. The van der Waals surface area contributed by atoms with Gasteiger partial charge in [-0.25, -0.2) is 4.98 Å². The van der Waals surface area contributed by atoms with Gasteiger partial charge in [0.05, 0.1) is 16.3 Å². The first-order valence-electron chi connectivity index (χ1n) is 5.84. The Labute approximate surface area is 115 Å². The molecule has 5 nitrogen and oxygen atoms in total. The SMILES string of the molecule is Cc1csc(CCNC(=O)c2cccc(N)c2O)n1. The van der Waals surface area contributed by atoms with Crippen LogP contribution in [0.15, 0.2) is 23.6 Å². The molecule has 0 radical (unpaired) electrons. The first-order valence-corrected chi connectivity index (χ1v) is 6.72. The number of hydrogen-bond acceptors (Lipinski definition) is 5. The lowest BCUT2D eigenvalue weighted by atomic mass is 10.1. The molecule has 1 heterocycles. The number of phenols is 1. The molecule has 0 bridgehead atoms. The number of thiazole rings is 1. The first-order chi connectivity index (χ1) is 9.08. The minimum Gasteiger partial charge on any atom is -0.505 e. The number of benzene rings is 1. The lowest BCUT2D eigenvalue weighted by Crippen LogP contribution is -2.25. The third-order valence-corrected chi connectivity index (χ3v) is 3.63. The Bertz CT molecular complexity index is 595. The lowest BCUT2D eigenvalue weighted by molar-refractivity contribution is 0.0951. The third kappa shape index (κ3) is 3.23. The Hall–Kier alpha value is -2.08. The van der Waals surface area contributed by atoms with E-state index in [4.69, 9.17) is 5.73 Å². The van der Waals surface area contributed by atoms with E-state index in [0.29, 0.717) is 13.0 Å². The molecule has 100 valence electrons. The van der Waals surface area contributed by atoms with Crippen LogP contribution in [0.3, 0.4) is 0 Å². The average Bonchev–Trinajstić information content (AvgIpc) is 2.78. The smallest absolute Gasteiger partial charge is 0.255 e. The molecule has 1 aromatic carbocycles. The van der Waals surface area contributed by atoms with Crippen LogP contribution in [0.5, 0.6) is 5.75 Å². The zero-order valence-corrected chi connectivity index (χ0v) is 11.3. The van der Waals surface area contributed by atoms with Crippen LogP contribution in [0.4, 0.5) is 5.69 Å². The molecule has 0 aliphatic heterocycles. The summed E-state index contributed by atoms with van der Waals surface area (Å²) in [6, 6.07) is 4.72. The predicted octanol–water partition coefficient (Wildman–Crippen LogP) is 1.71. The number of aromatic nitrogens is 1. The summed E-state index contributed by atoms with van der Waals surface area (Å²) >= 11 is 1.57. The highest BCUT2D eigenvalue weighted by Crippen LogP contribution is 2.24. The van der Waals surface area contributed by atoms with Crippen molar-refractivity contribution in [1.82, 2.24) is 10.3 Å². The number of phenolic OH excluding ortho intramolecular Hbond substituents is 1. The van der Waals surface area contributed by atoms with Gasteiger partial charge in [-0.1, -0.05) is 6.07 Å². The van der Waals surface area contributed by atoms with E-state index in [9.17, 15) is 9.90 Å². The maximum Gasteiger partial charge on any atom is 0.255 e. The van der Waals surface area contributed by atoms with Crippen molar-refractivity contribution in [3.8, 4) is 5.75 Å². The van der Waals surface area contributed by atoms with Gasteiger partial charge in [-0.3, -0.25) is 4.79 Å². The first kappa shape index (κ1) is 13.4. The summed E-state index contributed by atoms with van der Waals surface area (Å²) in [5, 5.41) is 15.4. The quantitative estimate of drug-likeness (QED) is 0.586. The molecule has 0 saturated carbocycles. The molecule has 4 N–H and O–H groups in total. The number of nitrogens with one attached hydrogen (secondary N) is 1. The second-order valence-electron chi connectivity index (χ2n) is 4.13. The topological polar surface area (TPSA) is 88.2 Å². The average molecular weight is 277 g/mol. The number of aryl methyl sites for hydroxylation is 1. The number of carbonyl (C=O) groups is 1. The molecule has 19 heavy (non-hydrogen) atoms. The number of rotatable bonds is 4. The van der Waals surface area contributed by atoms with Gasteiger partial charge < -0.3 is 16.2 Å². The number of aromatic hydroxyl groups is 1. The zero-order chi connectivity index (χ0) is 13.8. The number of nitrogen functional groups attached to an aromatic ring is 1. The van der Waals surface area contributed by atoms with Gasteiger partial charge in [-0.05, 0) is 19.1 Å². The number of nitrogens with zero attached hydrogens (tertiary/aromatic N) is 1. The van der Waals surface area contributed by atoms with Crippen molar-refractivity contribution in [2.45, 2.75) is 13.3 Å². The van der Waals surface area contributed by atoms with Crippen molar-refractivity contribution < 1.29 is 9.90 Å². The molecular formula is C13H15N3O2S. The van der Waals surface area contributed by atoms with Crippen LogP contribution in [-0.4, -0.2) is 22.5 Å². The lowest BCUT2D eigenvalue weighted by Gasteiger charge is -2.07. The fourth-order valence-corrected chi connectivity index (χ4v) is 2.42. The largest absolute Gasteiger partial charge is 0.505 e. The van der Waals surface area contributed by atoms with Gasteiger partial charge in [0, 0.05) is 24.0 Å². The van der Waals surface area contributed by atoms with E-state index in [1.807, 2.05) is 12.3 Å². The molecule has 1 aromatic heterocycles. The number of anilines is 1. The minimum absolute atomic E-state index is 0.176. The molecule has 0 aliphatic carbocycles. The third-order valence-electron chi connectivity index (χ3n) is 2.60. The molecular weight excluding hydrogens is 262 g/mol. The van der Waals surface area contributed by atoms with Crippen LogP contribution in [0.2, 0.25) is 0 Å². The highest BCUT2D eigenvalue weighted by atomic mass is 32.1. The molecule has 0 spiro atoms. The van der Waals surface area contributed by atoms with Gasteiger partial charge in [-0.15, -0.1) is 11.3 Å². The summed E-state index contributed by atoms with van der Waals surface area (Å²) in [5.41, 5.74) is 6.92. The van der Waals surface area contributed by atoms with E-state index >= 15 is 0 Å². The van der Waals surface area contributed by atoms with Crippen LogP contribution in [0.25, 0.3) is 0 Å². The van der Waals surface area contributed by atoms with Gasteiger partial charge in [0.2, 0.25) is 0 Å². The van der Waals surface area contributed by atoms with Gasteiger partial charge in [0.1, 0.15) is 0 Å². The maximum atomic E-state index is 11.9. The molecule has 0 fully saturated rings. The van der Waals surface area contributed by atoms with Gasteiger partial charge in [-0.2, -0.15) is 0 Å². The van der Waals surface area contributed by atoms with Crippen LogP contribution in [0, 0.1) is 6.92 Å². The van der Waals surface area contributed by atoms with Crippen LogP contribution in [0.1, 0.15) is 21.1 Å². The fraction of sp³-hybridized carbons (Fsp3) is 0.231. The highest BCUT2D eigenvalue weighted by Gasteiger charge is 2.12. The highest BCUT2D eigenvalue weighted by molar-refractivity contribution is 7.09. The van der Waals surface area contributed by atoms with E-state index in [0.717, 1.165) is 10.7 Å². The minimum atomic E-state index is -0.335. The van der Waals surface area contributed by atoms with E-state index in [1.54, 1.807) is 23.5 Å². The Morgan fingerprint density at radius 3 is 3.00 bits per heavy atom. The number of amides is 1. The summed E-state index contributed by atoms with van der Waals surface area (Å²) in [6.45, 7) is 2.41. The van der Waals surface area contributed by atoms with E-state index in [2.05, 4.69) is 10.3 Å². The molecule has 1 amide bonds. The second kappa shape index (κ2) is 5.71. The van der Waals surface area contributed by atoms with E-state index in [1.165, 1.54) is 6.07 Å². The van der Waals surface area contributed by atoms with Crippen molar-refractivity contribution in [2.75, 3.05) is 12.3 Å². The Morgan fingerprint density at radius 2 is 2.32 bits per heavy atom. The van der Waals surface area contributed by atoms with Crippen LogP contribution in [-0.2, 0) is 6.42 Å². The summed E-state index contributed by atoms with van der Waals surface area (Å²) < 4.78 is 0. The summed E-state index contributed by atoms with van der Waals surface area (Å²) in [6.07, 6.45) is 0.674. The second-order valence-corrected chi connectivity index (χ2v) is 5.07. The van der Waals surface area contributed by atoms with Crippen LogP contribution < -0.4 is 11.1 Å². The molecule has 2 rings (SSSR count). The van der Waals surface area contributed by atoms with Crippen molar-refractivity contribution in [3.05, 3.63) is 39.8 Å². The zero-order valence-electron chi connectivity index (χ0n) is 10.5. The van der Waals surface area contributed by atoms with Crippen molar-refractivity contribution >= 4 is 22.9 Å². The summed E-state index contributed by atoms with van der Waals surface area (Å²) in [7, 11) is 0. The Morgan fingerprint density at radius 1 is 1.53 bits per heavy atom. The Kier molecular flexibility index (Phi) is 4.01. The van der Waals surface area contributed by atoms with Crippen LogP contribution >= 0.6 is 11.3 Å². The fourth-order valence-electron chi connectivity index (χ4n) is 1.64. The molecule has 6 heteroatoms. The van der Waals surface area contributed by atoms with E-state index < -0.39 is 0 Å². The molecule has 0 aliphatic rings. The van der Waals surface area contributed by atoms with Crippen molar-refractivity contribution in [3.63, 3.8) is 0 Å². The number of hydrogen-bond donors (Lipinski definition) is 3. The van der Waals surface area contributed by atoms with Gasteiger partial charge >= 0.3 is 0 Å². The summed E-state index contributed by atoms with van der Waals surface area (Å²) in [4.78, 5) is 16.2. The number of para-hydroxylation sites is 1.